The van der Waals surface area contributed by atoms with Gasteiger partial charge in [0, 0.05) is 31.0 Å². The molecule has 1 heterocycles. The summed E-state index contributed by atoms with van der Waals surface area (Å²) in [6.07, 6.45) is 4.82. The molecule has 0 aliphatic heterocycles. The van der Waals surface area contributed by atoms with Crippen LogP contribution < -0.4 is 5.73 Å². The molecule has 3 nitrogen and oxygen atoms in total. The zero-order valence-electron chi connectivity index (χ0n) is 10.6. The minimum atomic E-state index is 0.308. The average molecular weight is 221 g/mol. The van der Waals surface area contributed by atoms with Crippen molar-refractivity contribution >= 4 is 0 Å². The molecule has 0 spiro atoms. The summed E-state index contributed by atoms with van der Waals surface area (Å²) >= 11 is 0. The monoisotopic (exact) mass is 221 g/mol. The number of likely N-dealkylation sites (N-methyl/N-ethyl adjacent to an activating group) is 1. The summed E-state index contributed by atoms with van der Waals surface area (Å²) < 4.78 is 0. The molecule has 0 fully saturated rings. The Hall–Kier alpha value is -0.930. The second-order valence-corrected chi connectivity index (χ2v) is 4.12. The van der Waals surface area contributed by atoms with Crippen molar-refractivity contribution < 1.29 is 0 Å². The highest BCUT2D eigenvalue weighted by atomic mass is 15.2. The number of hydrogen-bond donors (Lipinski definition) is 1. The Morgan fingerprint density at radius 3 is 2.38 bits per heavy atom. The molecule has 0 bridgehead atoms. The van der Waals surface area contributed by atoms with E-state index in [0.717, 1.165) is 13.0 Å². The Bertz CT molecular complexity index is 286. The first-order chi connectivity index (χ1) is 7.74. The Morgan fingerprint density at radius 2 is 1.94 bits per heavy atom. The summed E-state index contributed by atoms with van der Waals surface area (Å²) in [5.74, 6) is 0. The summed E-state index contributed by atoms with van der Waals surface area (Å²) in [4.78, 5) is 6.51. The van der Waals surface area contributed by atoms with Gasteiger partial charge in [-0.1, -0.05) is 13.8 Å². The van der Waals surface area contributed by atoms with Crippen LogP contribution in [-0.4, -0.2) is 29.0 Å². The highest BCUT2D eigenvalue weighted by Crippen LogP contribution is 2.22. The molecule has 2 atom stereocenters. The Morgan fingerprint density at radius 1 is 1.31 bits per heavy atom. The zero-order valence-corrected chi connectivity index (χ0v) is 10.6. The van der Waals surface area contributed by atoms with E-state index in [0.29, 0.717) is 18.6 Å². The van der Waals surface area contributed by atoms with Crippen LogP contribution in [0.5, 0.6) is 0 Å². The molecule has 2 N–H and O–H groups in total. The van der Waals surface area contributed by atoms with E-state index in [1.165, 1.54) is 5.56 Å². The largest absolute Gasteiger partial charge is 0.329 e. The lowest BCUT2D eigenvalue weighted by molar-refractivity contribution is 0.152. The average Bonchev–Trinajstić information content (AvgIpc) is 2.36. The highest BCUT2D eigenvalue weighted by Gasteiger charge is 2.21. The van der Waals surface area contributed by atoms with Gasteiger partial charge >= 0.3 is 0 Å². The third-order valence-corrected chi connectivity index (χ3v) is 3.24. The maximum atomic E-state index is 5.91. The van der Waals surface area contributed by atoms with E-state index in [9.17, 15) is 0 Å². The maximum Gasteiger partial charge on any atom is 0.0474 e. The Balaban J connectivity index is 2.87. The molecule has 0 radical (unpaired) electrons. The summed E-state index contributed by atoms with van der Waals surface area (Å²) in [6.45, 7) is 8.35. The summed E-state index contributed by atoms with van der Waals surface area (Å²) in [5, 5.41) is 0. The van der Waals surface area contributed by atoms with Gasteiger partial charge in [-0.05, 0) is 37.6 Å². The van der Waals surface area contributed by atoms with Crippen molar-refractivity contribution in [3.8, 4) is 0 Å². The standard InChI is InChI=1S/C13H23N3/c1-4-11(3)16(5-2)13(10-14)12-6-8-15-9-7-12/h6-9,11,13H,4-5,10,14H2,1-3H3. The lowest BCUT2D eigenvalue weighted by atomic mass is 10.0. The van der Waals surface area contributed by atoms with E-state index in [2.05, 4.69) is 42.8 Å². The fourth-order valence-corrected chi connectivity index (χ4v) is 2.12. The van der Waals surface area contributed by atoms with E-state index in [1.54, 1.807) is 0 Å². The van der Waals surface area contributed by atoms with Crippen LogP contribution in [-0.2, 0) is 0 Å². The van der Waals surface area contributed by atoms with Gasteiger partial charge in [-0.15, -0.1) is 0 Å². The van der Waals surface area contributed by atoms with Crippen LogP contribution in [0.2, 0.25) is 0 Å². The summed E-state index contributed by atoms with van der Waals surface area (Å²) in [6, 6.07) is 4.99. The minimum Gasteiger partial charge on any atom is -0.329 e. The fourth-order valence-electron chi connectivity index (χ4n) is 2.12. The lowest BCUT2D eigenvalue weighted by Gasteiger charge is -2.34. The third kappa shape index (κ3) is 3.03. The van der Waals surface area contributed by atoms with Crippen LogP contribution in [0.3, 0.4) is 0 Å². The molecule has 16 heavy (non-hydrogen) atoms. The van der Waals surface area contributed by atoms with E-state index >= 15 is 0 Å². The van der Waals surface area contributed by atoms with Gasteiger partial charge < -0.3 is 5.73 Å². The minimum absolute atomic E-state index is 0.308. The smallest absolute Gasteiger partial charge is 0.0474 e. The molecule has 1 aromatic heterocycles. The van der Waals surface area contributed by atoms with Gasteiger partial charge in [0.05, 0.1) is 0 Å². The van der Waals surface area contributed by atoms with E-state index in [1.807, 2.05) is 12.4 Å². The molecule has 0 saturated heterocycles. The van der Waals surface area contributed by atoms with Crippen molar-refractivity contribution in [2.24, 2.45) is 5.73 Å². The van der Waals surface area contributed by atoms with Gasteiger partial charge in [-0.3, -0.25) is 9.88 Å². The third-order valence-electron chi connectivity index (χ3n) is 3.24. The van der Waals surface area contributed by atoms with Gasteiger partial charge in [0.25, 0.3) is 0 Å². The second kappa shape index (κ2) is 6.61. The molecule has 0 aliphatic rings. The molecular formula is C13H23N3. The van der Waals surface area contributed by atoms with Gasteiger partial charge in [0.2, 0.25) is 0 Å². The molecule has 0 aliphatic carbocycles. The molecule has 1 aromatic rings. The van der Waals surface area contributed by atoms with Crippen molar-refractivity contribution in [2.75, 3.05) is 13.1 Å². The normalized spacial score (nSPS) is 15.1. The molecule has 2 unspecified atom stereocenters. The van der Waals surface area contributed by atoms with Gasteiger partial charge in [0.1, 0.15) is 0 Å². The molecule has 0 amide bonds. The molecular weight excluding hydrogens is 198 g/mol. The Labute approximate surface area is 98.7 Å². The van der Waals surface area contributed by atoms with E-state index in [4.69, 9.17) is 5.73 Å². The molecule has 0 aromatic carbocycles. The number of aromatic nitrogens is 1. The predicted molar refractivity (Wildman–Crippen MR) is 68.2 cm³/mol. The number of pyridine rings is 1. The van der Waals surface area contributed by atoms with Crippen molar-refractivity contribution in [1.29, 1.82) is 0 Å². The highest BCUT2D eigenvalue weighted by molar-refractivity contribution is 5.15. The topological polar surface area (TPSA) is 42.1 Å². The van der Waals surface area contributed by atoms with Crippen LogP contribution in [0.4, 0.5) is 0 Å². The second-order valence-electron chi connectivity index (χ2n) is 4.12. The Kier molecular flexibility index (Phi) is 5.43. The zero-order chi connectivity index (χ0) is 12.0. The first-order valence-electron chi connectivity index (χ1n) is 6.10. The van der Waals surface area contributed by atoms with Crippen LogP contribution >= 0.6 is 0 Å². The maximum absolute atomic E-state index is 5.91. The van der Waals surface area contributed by atoms with Crippen LogP contribution in [0, 0.1) is 0 Å². The number of nitrogens with zero attached hydrogens (tertiary/aromatic N) is 2. The number of rotatable bonds is 6. The summed E-state index contributed by atoms with van der Waals surface area (Å²) in [7, 11) is 0. The fraction of sp³-hybridized carbons (Fsp3) is 0.615. The van der Waals surface area contributed by atoms with Crippen LogP contribution in [0.25, 0.3) is 0 Å². The predicted octanol–water partition coefficient (Wildman–Crippen LogP) is 2.20. The molecule has 1 rings (SSSR count). The van der Waals surface area contributed by atoms with Crippen molar-refractivity contribution in [3.05, 3.63) is 30.1 Å². The summed E-state index contributed by atoms with van der Waals surface area (Å²) in [5.41, 5.74) is 7.18. The first kappa shape index (κ1) is 13.1. The van der Waals surface area contributed by atoms with Gasteiger partial charge in [-0.2, -0.15) is 0 Å². The quantitative estimate of drug-likeness (QED) is 0.800. The van der Waals surface area contributed by atoms with Crippen molar-refractivity contribution in [1.82, 2.24) is 9.88 Å². The van der Waals surface area contributed by atoms with E-state index < -0.39 is 0 Å². The van der Waals surface area contributed by atoms with Crippen LogP contribution in [0.1, 0.15) is 38.8 Å². The van der Waals surface area contributed by atoms with Crippen molar-refractivity contribution in [2.45, 2.75) is 39.3 Å². The molecule has 3 heteroatoms. The van der Waals surface area contributed by atoms with Crippen molar-refractivity contribution in [3.63, 3.8) is 0 Å². The SMILES string of the molecule is CCC(C)N(CC)C(CN)c1ccncc1. The van der Waals surface area contributed by atoms with Gasteiger partial charge in [-0.25, -0.2) is 0 Å². The number of hydrogen-bond acceptors (Lipinski definition) is 3. The number of nitrogens with two attached hydrogens (primary N) is 1. The van der Waals surface area contributed by atoms with Crippen LogP contribution in [0.15, 0.2) is 24.5 Å². The van der Waals surface area contributed by atoms with E-state index in [-0.39, 0.29) is 0 Å². The molecule has 0 saturated carbocycles. The lowest BCUT2D eigenvalue weighted by Crippen LogP contribution is -2.39. The van der Waals surface area contributed by atoms with Gasteiger partial charge in [0.15, 0.2) is 0 Å². The molecule has 90 valence electrons. The first-order valence-corrected chi connectivity index (χ1v) is 6.10.